The number of hydrogen-bond donors (Lipinski definition) is 1. The molecule has 11 heteroatoms. The van der Waals surface area contributed by atoms with Crippen LogP contribution in [0, 0.1) is 15.9 Å². The Morgan fingerprint density at radius 2 is 2.09 bits per heavy atom. The van der Waals surface area contributed by atoms with E-state index < -0.39 is 10.8 Å². The molecule has 1 amide bonds. The lowest BCUT2D eigenvalue weighted by molar-refractivity contribution is -0.385. The zero-order valence-corrected chi connectivity index (χ0v) is 17.1. The maximum absolute atomic E-state index is 13.8. The third kappa shape index (κ3) is 6.11. The Bertz CT molecular complexity index is 1130. The second-order valence-electron chi connectivity index (χ2n) is 6.47. The number of ether oxygens (including phenoxy) is 2. The Balaban J connectivity index is 1.60. The summed E-state index contributed by atoms with van der Waals surface area (Å²) in [6, 6.07) is 11.4. The highest BCUT2D eigenvalue weighted by molar-refractivity contribution is 5.83. The van der Waals surface area contributed by atoms with Crippen molar-refractivity contribution in [3.63, 3.8) is 0 Å². The third-order valence-corrected chi connectivity index (χ3v) is 4.15. The van der Waals surface area contributed by atoms with Crippen molar-refractivity contribution in [2.45, 2.75) is 20.1 Å². The van der Waals surface area contributed by atoms with Crippen molar-refractivity contribution in [2.75, 3.05) is 6.61 Å². The first-order valence-corrected chi connectivity index (χ1v) is 9.58. The van der Waals surface area contributed by atoms with Gasteiger partial charge in [0, 0.05) is 5.56 Å². The van der Waals surface area contributed by atoms with Crippen molar-refractivity contribution in [1.82, 2.24) is 15.2 Å². The van der Waals surface area contributed by atoms with Crippen molar-refractivity contribution in [2.24, 2.45) is 5.10 Å². The number of carbonyl (C=O) groups excluding carboxylic acids is 1. The van der Waals surface area contributed by atoms with Crippen LogP contribution >= 0.6 is 0 Å². The van der Waals surface area contributed by atoms with E-state index in [0.717, 1.165) is 17.1 Å². The molecule has 1 heterocycles. The maximum Gasteiger partial charge on any atom is 0.307 e. The lowest BCUT2D eigenvalue weighted by Gasteiger charge is -2.13. The number of aromatic nitrogens is 2. The summed E-state index contributed by atoms with van der Waals surface area (Å²) in [4.78, 5) is 22.0. The molecule has 0 saturated carbocycles. The summed E-state index contributed by atoms with van der Waals surface area (Å²) in [7, 11) is 0. The molecule has 32 heavy (non-hydrogen) atoms. The highest BCUT2D eigenvalue weighted by Crippen LogP contribution is 2.29. The summed E-state index contributed by atoms with van der Waals surface area (Å²) in [5.74, 6) is 0.0309. The molecule has 0 aliphatic carbocycles. The van der Waals surface area contributed by atoms with Crippen molar-refractivity contribution in [3.8, 4) is 11.5 Å². The molecule has 0 aliphatic rings. The molecule has 0 saturated heterocycles. The van der Waals surface area contributed by atoms with E-state index in [0.29, 0.717) is 29.2 Å². The molecule has 3 rings (SSSR count). The van der Waals surface area contributed by atoms with Gasteiger partial charge in [-0.2, -0.15) is 10.2 Å². The Kier molecular flexibility index (Phi) is 7.46. The number of nitro groups is 1. The van der Waals surface area contributed by atoms with Crippen LogP contribution in [0.2, 0.25) is 0 Å². The first kappa shape index (κ1) is 22.4. The predicted octanol–water partition coefficient (Wildman–Crippen LogP) is 3.06. The molecule has 0 radical (unpaired) electrons. The van der Waals surface area contributed by atoms with Crippen LogP contribution in [-0.2, 0) is 17.9 Å². The number of nitrogens with zero attached hydrogens (tertiary/aromatic N) is 4. The summed E-state index contributed by atoms with van der Waals surface area (Å²) in [5, 5.41) is 18.3. The molecule has 0 spiro atoms. The van der Waals surface area contributed by atoms with Gasteiger partial charge < -0.3 is 9.47 Å². The van der Waals surface area contributed by atoms with E-state index in [1.165, 1.54) is 12.3 Å². The molecular formula is C21H20FN5O5. The number of rotatable bonds is 10. The molecule has 0 fully saturated rings. The largest absolute Gasteiger partial charge is 0.490 e. The van der Waals surface area contributed by atoms with E-state index in [2.05, 4.69) is 15.6 Å². The van der Waals surface area contributed by atoms with Gasteiger partial charge in [0.05, 0.1) is 17.7 Å². The van der Waals surface area contributed by atoms with Crippen LogP contribution in [0.15, 0.2) is 60.0 Å². The molecule has 2 aromatic carbocycles. The Morgan fingerprint density at radius 1 is 1.28 bits per heavy atom. The van der Waals surface area contributed by atoms with Crippen LogP contribution in [0.5, 0.6) is 11.5 Å². The first-order valence-electron chi connectivity index (χ1n) is 9.58. The molecule has 0 aliphatic heterocycles. The second kappa shape index (κ2) is 10.7. The summed E-state index contributed by atoms with van der Waals surface area (Å²) in [6.45, 7) is 2.03. The quantitative estimate of drug-likeness (QED) is 0.293. The summed E-state index contributed by atoms with van der Waals surface area (Å²) in [5.41, 5.74) is 3.17. The average Bonchev–Trinajstić information content (AvgIpc) is 3.23. The van der Waals surface area contributed by atoms with Crippen LogP contribution in [0.3, 0.4) is 0 Å². The molecule has 1 N–H and O–H groups in total. The van der Waals surface area contributed by atoms with Gasteiger partial charge in [-0.15, -0.1) is 0 Å². The van der Waals surface area contributed by atoms with Crippen LogP contribution in [0.25, 0.3) is 0 Å². The van der Waals surface area contributed by atoms with Crippen molar-refractivity contribution in [1.29, 1.82) is 0 Å². The van der Waals surface area contributed by atoms with Crippen LogP contribution in [-0.4, -0.2) is 33.4 Å². The molecule has 3 aromatic rings. The predicted molar refractivity (Wildman–Crippen MR) is 113 cm³/mol. The minimum absolute atomic E-state index is 0.0435. The van der Waals surface area contributed by atoms with Crippen molar-refractivity contribution >= 4 is 17.8 Å². The summed E-state index contributed by atoms with van der Waals surface area (Å²) < 4.78 is 26.2. The standard InChI is InChI=1S/C21H20FN5O5/c1-2-31-20-9-15(7-8-19(20)32-14-16-5-3-4-6-18(16)22)10-23-25-21(28)13-26-12-17(11-24-26)27(29)30/h3-12H,2,13-14H2,1H3,(H,25,28). The monoisotopic (exact) mass is 441 g/mol. The van der Waals surface area contributed by atoms with Gasteiger partial charge in [0.1, 0.15) is 31.4 Å². The number of amides is 1. The fourth-order valence-corrected chi connectivity index (χ4v) is 2.66. The maximum atomic E-state index is 13.8. The number of hydrazone groups is 1. The molecule has 0 unspecified atom stereocenters. The van der Waals surface area contributed by atoms with Gasteiger partial charge in [-0.3, -0.25) is 19.6 Å². The van der Waals surface area contributed by atoms with E-state index in [-0.39, 0.29) is 24.7 Å². The number of halogens is 1. The summed E-state index contributed by atoms with van der Waals surface area (Å²) >= 11 is 0. The van der Waals surface area contributed by atoms with Gasteiger partial charge in [0.2, 0.25) is 0 Å². The number of carbonyl (C=O) groups is 1. The SMILES string of the molecule is CCOc1cc(C=NNC(=O)Cn2cc([N+](=O)[O-])cn2)ccc1OCc1ccccc1F. The van der Waals surface area contributed by atoms with E-state index in [1.54, 1.807) is 36.4 Å². The van der Waals surface area contributed by atoms with E-state index >= 15 is 0 Å². The Hall–Kier alpha value is -4.28. The molecule has 0 atom stereocenters. The van der Waals surface area contributed by atoms with E-state index in [4.69, 9.17) is 9.47 Å². The van der Waals surface area contributed by atoms with Crippen LogP contribution in [0.4, 0.5) is 10.1 Å². The second-order valence-corrected chi connectivity index (χ2v) is 6.47. The van der Waals surface area contributed by atoms with Crippen LogP contribution in [0.1, 0.15) is 18.1 Å². The molecular weight excluding hydrogens is 421 g/mol. The minimum Gasteiger partial charge on any atom is -0.490 e. The highest BCUT2D eigenvalue weighted by atomic mass is 19.1. The fraction of sp³-hybridized carbons (Fsp3) is 0.190. The van der Waals surface area contributed by atoms with Crippen molar-refractivity contribution < 1.29 is 23.6 Å². The normalized spacial score (nSPS) is 10.8. The topological polar surface area (TPSA) is 121 Å². The lowest BCUT2D eigenvalue weighted by atomic mass is 10.2. The number of hydrogen-bond acceptors (Lipinski definition) is 7. The van der Waals surface area contributed by atoms with Gasteiger partial charge in [-0.1, -0.05) is 18.2 Å². The van der Waals surface area contributed by atoms with Gasteiger partial charge in [-0.05, 0) is 36.8 Å². The number of nitrogens with one attached hydrogen (secondary N) is 1. The zero-order chi connectivity index (χ0) is 22.9. The zero-order valence-electron chi connectivity index (χ0n) is 17.1. The van der Waals surface area contributed by atoms with Gasteiger partial charge in [0.25, 0.3) is 5.91 Å². The average molecular weight is 441 g/mol. The Morgan fingerprint density at radius 3 is 2.81 bits per heavy atom. The minimum atomic E-state index is -0.598. The lowest BCUT2D eigenvalue weighted by Crippen LogP contribution is -2.23. The third-order valence-electron chi connectivity index (χ3n) is 4.15. The first-order chi connectivity index (χ1) is 15.5. The smallest absolute Gasteiger partial charge is 0.307 e. The van der Waals surface area contributed by atoms with E-state index in [1.807, 2.05) is 6.92 Å². The van der Waals surface area contributed by atoms with Crippen molar-refractivity contribution in [3.05, 3.63) is 81.9 Å². The molecule has 166 valence electrons. The Labute approximate surface area is 182 Å². The fourth-order valence-electron chi connectivity index (χ4n) is 2.66. The summed E-state index contributed by atoms with van der Waals surface area (Å²) in [6.07, 6.45) is 3.62. The highest BCUT2D eigenvalue weighted by Gasteiger charge is 2.11. The van der Waals surface area contributed by atoms with E-state index in [9.17, 15) is 19.3 Å². The van der Waals surface area contributed by atoms with Crippen LogP contribution < -0.4 is 14.9 Å². The molecule has 10 nitrogen and oxygen atoms in total. The van der Waals surface area contributed by atoms with Gasteiger partial charge in [-0.25, -0.2) is 9.82 Å². The van der Waals surface area contributed by atoms with Gasteiger partial charge in [0.15, 0.2) is 11.5 Å². The number of benzene rings is 2. The van der Waals surface area contributed by atoms with Gasteiger partial charge >= 0.3 is 5.69 Å². The molecule has 0 bridgehead atoms. The molecule has 1 aromatic heterocycles.